The zero-order valence-electron chi connectivity index (χ0n) is 19.8. The van der Waals surface area contributed by atoms with Crippen LogP contribution in [0.25, 0.3) is 0 Å². The first-order valence-corrected chi connectivity index (χ1v) is 11.5. The number of furan rings is 1. The number of nitrogens with one attached hydrogen (secondary N) is 1. The summed E-state index contributed by atoms with van der Waals surface area (Å²) in [7, 11) is 0. The Hall–Kier alpha value is -3.91. The number of carbonyl (C=O) groups excluding carboxylic acids is 2. The van der Waals surface area contributed by atoms with Crippen LogP contribution in [0.4, 0.5) is 0 Å². The highest BCUT2D eigenvalue weighted by Crippen LogP contribution is 2.30. The molecule has 3 aromatic rings. The highest BCUT2D eigenvalue weighted by Gasteiger charge is 2.43. The molecule has 0 saturated heterocycles. The van der Waals surface area contributed by atoms with Crippen molar-refractivity contribution in [3.05, 3.63) is 95.9 Å². The lowest BCUT2D eigenvalue weighted by Crippen LogP contribution is -2.54. The van der Waals surface area contributed by atoms with Crippen molar-refractivity contribution in [2.45, 2.75) is 44.9 Å². The first-order valence-electron chi connectivity index (χ1n) is 11.5. The third-order valence-electron chi connectivity index (χ3n) is 5.64. The first kappa shape index (κ1) is 25.7. The molecule has 2 aromatic carbocycles. The Morgan fingerprint density at radius 2 is 1.60 bits per heavy atom. The summed E-state index contributed by atoms with van der Waals surface area (Å²) in [5, 5.41) is 13.0. The summed E-state index contributed by atoms with van der Waals surface area (Å²) < 4.78 is 5.53. The topological polar surface area (TPSA) is 126 Å². The lowest BCUT2D eigenvalue weighted by Gasteiger charge is -2.36. The van der Waals surface area contributed by atoms with Gasteiger partial charge in [0.1, 0.15) is 17.8 Å². The van der Waals surface area contributed by atoms with E-state index in [-0.39, 0.29) is 24.6 Å². The summed E-state index contributed by atoms with van der Waals surface area (Å²) in [6.07, 6.45) is 1.51. The van der Waals surface area contributed by atoms with Crippen molar-refractivity contribution >= 4 is 17.8 Å². The molecule has 8 heteroatoms. The van der Waals surface area contributed by atoms with Crippen molar-refractivity contribution in [1.29, 1.82) is 0 Å². The zero-order valence-corrected chi connectivity index (χ0v) is 19.8. The minimum Gasteiger partial charge on any atom is -0.480 e. The lowest BCUT2D eigenvalue weighted by atomic mass is 9.97. The van der Waals surface area contributed by atoms with Crippen LogP contribution in [0, 0.1) is 5.92 Å². The van der Waals surface area contributed by atoms with Crippen LogP contribution in [0.1, 0.15) is 49.2 Å². The van der Waals surface area contributed by atoms with E-state index in [0.717, 1.165) is 10.5 Å². The van der Waals surface area contributed by atoms with Gasteiger partial charge in [-0.15, -0.1) is 0 Å². The third kappa shape index (κ3) is 6.58. The number of nitrogens with zero attached hydrogens (tertiary/aromatic N) is 1. The number of amides is 2. The maximum Gasteiger partial charge on any atom is 0.326 e. The number of rotatable bonds is 11. The van der Waals surface area contributed by atoms with E-state index in [1.54, 1.807) is 42.5 Å². The molecule has 1 aromatic heterocycles. The van der Waals surface area contributed by atoms with E-state index in [1.165, 1.54) is 6.26 Å². The quantitative estimate of drug-likeness (QED) is 0.387. The van der Waals surface area contributed by atoms with Crippen LogP contribution in [0.2, 0.25) is 0 Å². The molecule has 184 valence electrons. The molecule has 0 radical (unpaired) electrons. The second kappa shape index (κ2) is 12.0. The number of aliphatic carboxylic acids is 1. The van der Waals surface area contributed by atoms with Gasteiger partial charge in [0, 0.05) is 6.54 Å². The standard InChI is InChI=1S/C27H31N3O5/c1-18(2)16-21(27(33)34)30(26(32)23(28)20-12-7-4-8-13-20)24(22-14-9-15-35-22)25(31)29-17-19-10-5-3-6-11-19/h3-15,18,21,23-24H,16-17,28H2,1-2H3,(H,29,31)(H,33,34)/t21-,23-,24?/m0/s1. The van der Waals surface area contributed by atoms with E-state index in [0.29, 0.717) is 5.56 Å². The van der Waals surface area contributed by atoms with Crippen molar-refractivity contribution in [3.63, 3.8) is 0 Å². The number of carboxylic acids is 1. The van der Waals surface area contributed by atoms with Crippen LogP contribution in [0.3, 0.4) is 0 Å². The lowest BCUT2D eigenvalue weighted by molar-refractivity contribution is -0.157. The van der Waals surface area contributed by atoms with Gasteiger partial charge < -0.3 is 25.5 Å². The van der Waals surface area contributed by atoms with Crippen LogP contribution >= 0.6 is 0 Å². The summed E-state index contributed by atoms with van der Waals surface area (Å²) in [4.78, 5) is 40.8. The normalized spacial score (nSPS) is 13.6. The van der Waals surface area contributed by atoms with Gasteiger partial charge in [0.05, 0.1) is 6.26 Å². The molecule has 0 fully saturated rings. The Kier molecular flexibility index (Phi) is 8.80. The smallest absolute Gasteiger partial charge is 0.326 e. The van der Waals surface area contributed by atoms with Crippen LogP contribution < -0.4 is 11.1 Å². The predicted molar refractivity (Wildman–Crippen MR) is 131 cm³/mol. The van der Waals surface area contributed by atoms with E-state index in [1.807, 2.05) is 44.2 Å². The van der Waals surface area contributed by atoms with Gasteiger partial charge in [-0.3, -0.25) is 9.59 Å². The van der Waals surface area contributed by atoms with Gasteiger partial charge in [-0.2, -0.15) is 0 Å². The fraction of sp³-hybridized carbons (Fsp3) is 0.296. The molecule has 3 rings (SSSR count). The number of nitrogens with two attached hydrogens (primary N) is 1. The number of benzene rings is 2. The largest absolute Gasteiger partial charge is 0.480 e. The predicted octanol–water partition coefficient (Wildman–Crippen LogP) is 3.67. The molecule has 1 heterocycles. The summed E-state index contributed by atoms with van der Waals surface area (Å²) in [6, 6.07) is 17.3. The number of carbonyl (C=O) groups is 3. The monoisotopic (exact) mass is 477 g/mol. The molecule has 1 unspecified atom stereocenters. The molecule has 2 amide bonds. The maximum absolute atomic E-state index is 13.8. The molecular weight excluding hydrogens is 446 g/mol. The summed E-state index contributed by atoms with van der Waals surface area (Å²) >= 11 is 0. The van der Waals surface area contributed by atoms with Crippen LogP contribution in [0.5, 0.6) is 0 Å². The molecule has 0 aliphatic carbocycles. The average Bonchev–Trinajstić information content (AvgIpc) is 3.39. The Balaban J connectivity index is 2.03. The molecule has 0 bridgehead atoms. The van der Waals surface area contributed by atoms with Crippen LogP contribution in [-0.2, 0) is 20.9 Å². The van der Waals surface area contributed by atoms with E-state index in [9.17, 15) is 19.5 Å². The molecule has 35 heavy (non-hydrogen) atoms. The molecule has 0 saturated carbocycles. The summed E-state index contributed by atoms with van der Waals surface area (Å²) in [5.74, 6) is -2.38. The molecule has 0 aliphatic heterocycles. The average molecular weight is 478 g/mol. The molecule has 3 atom stereocenters. The van der Waals surface area contributed by atoms with E-state index in [4.69, 9.17) is 10.2 Å². The SMILES string of the molecule is CC(C)C[C@@H](C(=O)O)N(C(=O)[C@@H](N)c1ccccc1)C(C(=O)NCc1ccccc1)c1ccco1. The number of carboxylic acid groups (broad SMARTS) is 1. The van der Waals surface area contributed by atoms with Gasteiger partial charge in [-0.05, 0) is 35.6 Å². The van der Waals surface area contributed by atoms with E-state index in [2.05, 4.69) is 5.32 Å². The third-order valence-corrected chi connectivity index (χ3v) is 5.64. The number of hydrogen-bond acceptors (Lipinski definition) is 5. The first-order chi connectivity index (χ1) is 16.8. The van der Waals surface area contributed by atoms with E-state index >= 15 is 0 Å². The van der Waals surface area contributed by atoms with Crippen molar-refractivity contribution in [2.24, 2.45) is 11.7 Å². The number of hydrogen-bond donors (Lipinski definition) is 3. The Bertz CT molecular complexity index is 1100. The van der Waals surface area contributed by atoms with Gasteiger partial charge in [0.15, 0.2) is 6.04 Å². The fourth-order valence-corrected chi connectivity index (χ4v) is 3.93. The molecule has 0 spiro atoms. The zero-order chi connectivity index (χ0) is 25.4. The van der Waals surface area contributed by atoms with Crippen LogP contribution in [-0.4, -0.2) is 33.8 Å². The minimum atomic E-state index is -1.32. The molecule has 0 aliphatic rings. The minimum absolute atomic E-state index is 0.0658. The van der Waals surface area contributed by atoms with Crippen molar-refractivity contribution in [1.82, 2.24) is 10.2 Å². The van der Waals surface area contributed by atoms with Gasteiger partial charge in [0.2, 0.25) is 5.91 Å². The summed E-state index contributed by atoms with van der Waals surface area (Å²) in [6.45, 7) is 3.91. The van der Waals surface area contributed by atoms with Gasteiger partial charge in [0.25, 0.3) is 5.91 Å². The highest BCUT2D eigenvalue weighted by atomic mass is 16.4. The van der Waals surface area contributed by atoms with Crippen molar-refractivity contribution < 1.29 is 23.9 Å². The van der Waals surface area contributed by atoms with Gasteiger partial charge in [-0.1, -0.05) is 74.5 Å². The van der Waals surface area contributed by atoms with E-state index < -0.39 is 35.9 Å². The Labute approximate surface area is 204 Å². The second-order valence-electron chi connectivity index (χ2n) is 8.74. The van der Waals surface area contributed by atoms with Gasteiger partial charge >= 0.3 is 5.97 Å². The molecular formula is C27H31N3O5. The Morgan fingerprint density at radius 1 is 0.971 bits per heavy atom. The highest BCUT2D eigenvalue weighted by molar-refractivity contribution is 5.93. The van der Waals surface area contributed by atoms with Gasteiger partial charge in [-0.25, -0.2) is 4.79 Å². The molecule has 4 N–H and O–H groups in total. The van der Waals surface area contributed by atoms with Crippen molar-refractivity contribution in [3.8, 4) is 0 Å². The summed E-state index contributed by atoms with van der Waals surface area (Å²) in [5.41, 5.74) is 7.69. The fourth-order valence-electron chi connectivity index (χ4n) is 3.93. The second-order valence-corrected chi connectivity index (χ2v) is 8.74. The van der Waals surface area contributed by atoms with Crippen LogP contribution in [0.15, 0.2) is 83.5 Å². The molecule has 8 nitrogen and oxygen atoms in total. The Morgan fingerprint density at radius 3 is 2.14 bits per heavy atom. The van der Waals surface area contributed by atoms with Crippen molar-refractivity contribution in [2.75, 3.05) is 0 Å². The maximum atomic E-state index is 13.8.